The van der Waals surface area contributed by atoms with E-state index < -0.39 is 7.12 Å². The van der Waals surface area contributed by atoms with Gasteiger partial charge in [0, 0.05) is 46.0 Å². The molecule has 1 saturated heterocycles. The predicted octanol–water partition coefficient (Wildman–Crippen LogP) is -1.03. The summed E-state index contributed by atoms with van der Waals surface area (Å²) in [6, 6.07) is 7.41. The zero-order valence-electron chi connectivity index (χ0n) is 11.0. The van der Waals surface area contributed by atoms with Crippen LogP contribution in [0.15, 0.2) is 24.3 Å². The molecule has 98 valence electrons. The SMILES string of the molecule is CN(C)N1CCN(c2ccc(B(O)O)cc2)CC1. The Bertz CT molecular complexity index is 375. The summed E-state index contributed by atoms with van der Waals surface area (Å²) in [4.78, 5) is 2.31. The van der Waals surface area contributed by atoms with Gasteiger partial charge in [0.05, 0.1) is 0 Å². The molecule has 0 atom stereocenters. The van der Waals surface area contributed by atoms with Crippen molar-refractivity contribution in [3.63, 3.8) is 0 Å². The summed E-state index contributed by atoms with van der Waals surface area (Å²) >= 11 is 0. The Morgan fingerprint density at radius 3 is 2.00 bits per heavy atom. The van der Waals surface area contributed by atoms with Gasteiger partial charge >= 0.3 is 7.12 Å². The normalized spacial score (nSPS) is 17.3. The van der Waals surface area contributed by atoms with Crippen LogP contribution in [0, 0.1) is 0 Å². The third kappa shape index (κ3) is 3.03. The first-order chi connectivity index (χ1) is 8.58. The maximum absolute atomic E-state index is 9.05. The summed E-state index contributed by atoms with van der Waals surface area (Å²) in [5, 5.41) is 22.5. The number of rotatable bonds is 3. The zero-order valence-corrected chi connectivity index (χ0v) is 11.0. The molecule has 2 rings (SSSR count). The summed E-state index contributed by atoms with van der Waals surface area (Å²) in [6.45, 7) is 3.99. The molecule has 0 radical (unpaired) electrons. The van der Waals surface area contributed by atoms with Crippen LogP contribution in [0.2, 0.25) is 0 Å². The second-order valence-electron chi connectivity index (χ2n) is 4.75. The van der Waals surface area contributed by atoms with Crippen molar-refractivity contribution in [3.8, 4) is 0 Å². The van der Waals surface area contributed by atoms with Gasteiger partial charge in [-0.1, -0.05) is 12.1 Å². The summed E-state index contributed by atoms with van der Waals surface area (Å²) in [5.41, 5.74) is 1.67. The van der Waals surface area contributed by atoms with Crippen molar-refractivity contribution in [1.29, 1.82) is 0 Å². The van der Waals surface area contributed by atoms with E-state index in [9.17, 15) is 0 Å². The Hall–Kier alpha value is -1.08. The fourth-order valence-electron chi connectivity index (χ4n) is 2.21. The van der Waals surface area contributed by atoms with Gasteiger partial charge in [0.2, 0.25) is 0 Å². The van der Waals surface area contributed by atoms with E-state index in [-0.39, 0.29) is 0 Å². The topological polar surface area (TPSA) is 50.2 Å². The first-order valence-corrected chi connectivity index (χ1v) is 6.21. The minimum Gasteiger partial charge on any atom is -0.423 e. The van der Waals surface area contributed by atoms with E-state index in [2.05, 4.69) is 29.0 Å². The lowest BCUT2D eigenvalue weighted by atomic mass is 9.80. The highest BCUT2D eigenvalue weighted by Gasteiger charge is 2.18. The molecule has 1 aromatic rings. The third-order valence-electron chi connectivity index (χ3n) is 3.38. The summed E-state index contributed by atoms with van der Waals surface area (Å²) < 4.78 is 0. The lowest BCUT2D eigenvalue weighted by Gasteiger charge is -2.39. The van der Waals surface area contributed by atoms with E-state index in [0.29, 0.717) is 5.46 Å². The quantitative estimate of drug-likeness (QED) is 0.670. The Labute approximate surface area is 108 Å². The number of anilines is 1. The highest BCUT2D eigenvalue weighted by atomic mass is 16.4. The Morgan fingerprint density at radius 2 is 1.56 bits per heavy atom. The molecule has 2 N–H and O–H groups in total. The van der Waals surface area contributed by atoms with E-state index >= 15 is 0 Å². The molecule has 0 amide bonds. The fraction of sp³-hybridized carbons (Fsp3) is 0.500. The van der Waals surface area contributed by atoms with Crippen LogP contribution in [0.3, 0.4) is 0 Å². The Kier molecular flexibility index (Phi) is 4.24. The molecule has 1 aliphatic rings. The van der Waals surface area contributed by atoms with Crippen molar-refractivity contribution in [3.05, 3.63) is 24.3 Å². The van der Waals surface area contributed by atoms with Gasteiger partial charge < -0.3 is 14.9 Å². The van der Waals surface area contributed by atoms with Crippen molar-refractivity contribution in [1.82, 2.24) is 10.0 Å². The molecule has 1 fully saturated rings. The largest absolute Gasteiger partial charge is 0.488 e. The minimum absolute atomic E-state index is 0.533. The summed E-state index contributed by atoms with van der Waals surface area (Å²) in [6.07, 6.45) is 0. The zero-order chi connectivity index (χ0) is 13.1. The minimum atomic E-state index is -1.38. The van der Waals surface area contributed by atoms with Crippen molar-refractivity contribution < 1.29 is 10.0 Å². The van der Waals surface area contributed by atoms with Gasteiger partial charge in [0.15, 0.2) is 0 Å². The molecule has 18 heavy (non-hydrogen) atoms. The Balaban J connectivity index is 1.97. The van der Waals surface area contributed by atoms with Gasteiger partial charge in [-0.15, -0.1) is 0 Å². The smallest absolute Gasteiger partial charge is 0.423 e. The molecule has 0 aliphatic carbocycles. The predicted molar refractivity (Wildman–Crippen MR) is 73.7 cm³/mol. The molecule has 1 aromatic carbocycles. The summed E-state index contributed by atoms with van der Waals surface area (Å²) in [7, 11) is 2.74. The molecule has 0 bridgehead atoms. The molecule has 0 aromatic heterocycles. The number of hydrogen-bond donors (Lipinski definition) is 2. The fourth-order valence-corrected chi connectivity index (χ4v) is 2.21. The molecule has 1 heterocycles. The maximum Gasteiger partial charge on any atom is 0.488 e. The van der Waals surface area contributed by atoms with E-state index in [1.165, 1.54) is 0 Å². The van der Waals surface area contributed by atoms with Crippen LogP contribution in [-0.4, -0.2) is 67.5 Å². The van der Waals surface area contributed by atoms with Crippen LogP contribution in [0.25, 0.3) is 0 Å². The number of hydrogen-bond acceptors (Lipinski definition) is 5. The van der Waals surface area contributed by atoms with E-state index in [1.54, 1.807) is 12.1 Å². The van der Waals surface area contributed by atoms with Gasteiger partial charge in [-0.2, -0.15) is 0 Å². The molecule has 6 heteroatoms. The Morgan fingerprint density at radius 1 is 1.00 bits per heavy atom. The van der Waals surface area contributed by atoms with Crippen LogP contribution >= 0.6 is 0 Å². The lowest BCUT2D eigenvalue weighted by molar-refractivity contribution is 0.0201. The average Bonchev–Trinajstić information content (AvgIpc) is 2.39. The molecular formula is C12H20BN3O2. The summed E-state index contributed by atoms with van der Waals surface area (Å²) in [5.74, 6) is 0. The van der Waals surface area contributed by atoms with E-state index in [4.69, 9.17) is 10.0 Å². The van der Waals surface area contributed by atoms with Crippen molar-refractivity contribution in [2.24, 2.45) is 0 Å². The van der Waals surface area contributed by atoms with Crippen LogP contribution in [0.1, 0.15) is 0 Å². The molecule has 0 spiro atoms. The van der Waals surface area contributed by atoms with E-state index in [1.807, 2.05) is 12.1 Å². The van der Waals surface area contributed by atoms with Crippen LogP contribution in [0.5, 0.6) is 0 Å². The molecule has 1 aliphatic heterocycles. The first kappa shape index (κ1) is 13.4. The second-order valence-corrected chi connectivity index (χ2v) is 4.75. The monoisotopic (exact) mass is 249 g/mol. The number of hydrazine groups is 1. The molecule has 5 nitrogen and oxygen atoms in total. The number of piperazine rings is 1. The van der Waals surface area contributed by atoms with E-state index in [0.717, 1.165) is 31.9 Å². The van der Waals surface area contributed by atoms with Crippen LogP contribution < -0.4 is 10.4 Å². The van der Waals surface area contributed by atoms with Crippen LogP contribution in [-0.2, 0) is 0 Å². The molecular weight excluding hydrogens is 229 g/mol. The first-order valence-electron chi connectivity index (χ1n) is 6.21. The second kappa shape index (κ2) is 5.71. The van der Waals surface area contributed by atoms with Gasteiger partial charge in [-0.3, -0.25) is 0 Å². The third-order valence-corrected chi connectivity index (χ3v) is 3.38. The average molecular weight is 249 g/mol. The van der Waals surface area contributed by atoms with Crippen molar-refractivity contribution >= 4 is 18.3 Å². The van der Waals surface area contributed by atoms with Crippen molar-refractivity contribution in [2.75, 3.05) is 45.2 Å². The maximum atomic E-state index is 9.05. The number of benzene rings is 1. The number of nitrogens with zero attached hydrogens (tertiary/aromatic N) is 3. The standard InChI is InChI=1S/C12H20BN3O2/c1-14(2)16-9-7-15(8-10-16)12-5-3-11(4-6-12)13(17)18/h3-6,17-18H,7-10H2,1-2H3. The lowest BCUT2D eigenvalue weighted by Crippen LogP contribution is -2.51. The molecule has 0 saturated carbocycles. The highest BCUT2D eigenvalue weighted by Crippen LogP contribution is 2.15. The van der Waals surface area contributed by atoms with Crippen molar-refractivity contribution in [2.45, 2.75) is 0 Å². The highest BCUT2D eigenvalue weighted by molar-refractivity contribution is 6.58. The molecule has 0 unspecified atom stereocenters. The van der Waals surface area contributed by atoms with Gasteiger partial charge in [-0.05, 0) is 17.6 Å². The van der Waals surface area contributed by atoms with Gasteiger partial charge in [0.25, 0.3) is 0 Å². The van der Waals surface area contributed by atoms with Gasteiger partial charge in [0.1, 0.15) is 0 Å². The van der Waals surface area contributed by atoms with Gasteiger partial charge in [-0.25, -0.2) is 10.0 Å². The van der Waals surface area contributed by atoms with Crippen LogP contribution in [0.4, 0.5) is 5.69 Å².